The second-order valence-electron chi connectivity index (χ2n) is 7.34. The quantitative estimate of drug-likeness (QED) is 0.733. The summed E-state index contributed by atoms with van der Waals surface area (Å²) in [7, 11) is 3.42. The van der Waals surface area contributed by atoms with Gasteiger partial charge in [0.25, 0.3) is 0 Å². The third kappa shape index (κ3) is 4.59. The zero-order chi connectivity index (χ0) is 20.1. The van der Waals surface area contributed by atoms with E-state index in [2.05, 4.69) is 5.10 Å². The van der Waals surface area contributed by atoms with E-state index in [1.54, 1.807) is 23.1 Å². The van der Waals surface area contributed by atoms with Crippen LogP contribution >= 0.6 is 0 Å². The number of rotatable bonds is 7. The molecule has 1 aromatic heterocycles. The predicted octanol–water partition coefficient (Wildman–Crippen LogP) is 2.02. The highest BCUT2D eigenvalue weighted by Gasteiger charge is 2.31. The zero-order valence-electron chi connectivity index (χ0n) is 16.8. The lowest BCUT2D eigenvalue weighted by molar-refractivity contribution is -0.143. The fourth-order valence-electron chi connectivity index (χ4n) is 3.59. The van der Waals surface area contributed by atoms with Gasteiger partial charge in [-0.25, -0.2) is 4.68 Å². The van der Waals surface area contributed by atoms with Crippen LogP contribution in [0.25, 0.3) is 5.69 Å². The Bertz CT molecular complexity index is 833. The minimum atomic E-state index is -0.161. The SMILES string of the molecule is COCCN1C[C@@H](C(=O)N(C)Cc2cnn(-c3ccccc3C)c2)CCC1=O. The number of piperidine rings is 1. The number of methoxy groups -OCH3 is 1. The summed E-state index contributed by atoms with van der Waals surface area (Å²) < 4.78 is 6.91. The van der Waals surface area contributed by atoms with Crippen molar-refractivity contribution in [3.63, 3.8) is 0 Å². The smallest absolute Gasteiger partial charge is 0.227 e. The minimum absolute atomic E-state index is 0.0681. The van der Waals surface area contributed by atoms with Crippen LogP contribution in [0.5, 0.6) is 0 Å². The first-order chi connectivity index (χ1) is 13.5. The number of aromatic nitrogens is 2. The van der Waals surface area contributed by atoms with E-state index >= 15 is 0 Å². The van der Waals surface area contributed by atoms with Crippen LogP contribution in [0.4, 0.5) is 0 Å². The number of carbonyl (C=O) groups is 2. The Morgan fingerprint density at radius 1 is 1.36 bits per heavy atom. The molecule has 0 saturated carbocycles. The molecular weight excluding hydrogens is 356 g/mol. The van der Waals surface area contributed by atoms with Gasteiger partial charge in [-0.2, -0.15) is 5.10 Å². The Labute approximate surface area is 165 Å². The monoisotopic (exact) mass is 384 g/mol. The van der Waals surface area contributed by atoms with Crippen LogP contribution in [0.2, 0.25) is 0 Å². The van der Waals surface area contributed by atoms with Crippen LogP contribution in [-0.2, 0) is 20.9 Å². The third-order valence-electron chi connectivity index (χ3n) is 5.21. The van der Waals surface area contributed by atoms with E-state index in [0.29, 0.717) is 39.1 Å². The molecule has 0 radical (unpaired) electrons. The summed E-state index contributed by atoms with van der Waals surface area (Å²) in [5.74, 6) is 0.00721. The number of aryl methyl sites for hydroxylation is 1. The molecule has 0 spiro atoms. The summed E-state index contributed by atoms with van der Waals surface area (Å²) in [5.41, 5.74) is 3.15. The third-order valence-corrected chi connectivity index (χ3v) is 5.21. The van der Waals surface area contributed by atoms with Crippen LogP contribution < -0.4 is 0 Å². The zero-order valence-corrected chi connectivity index (χ0v) is 16.8. The van der Waals surface area contributed by atoms with E-state index in [1.807, 2.05) is 49.1 Å². The molecule has 1 fully saturated rings. The number of carbonyl (C=O) groups excluding carboxylic acids is 2. The lowest BCUT2D eigenvalue weighted by Gasteiger charge is -2.33. The Kier molecular flexibility index (Phi) is 6.46. The molecule has 2 heterocycles. The number of ether oxygens (including phenoxy) is 1. The summed E-state index contributed by atoms with van der Waals surface area (Å²) >= 11 is 0. The van der Waals surface area contributed by atoms with Crippen molar-refractivity contribution in [2.75, 3.05) is 33.9 Å². The second kappa shape index (κ2) is 9.01. The van der Waals surface area contributed by atoms with E-state index in [0.717, 1.165) is 16.8 Å². The maximum Gasteiger partial charge on any atom is 0.227 e. The molecule has 2 aromatic rings. The minimum Gasteiger partial charge on any atom is -0.383 e. The first-order valence-electron chi connectivity index (χ1n) is 9.61. The van der Waals surface area contributed by atoms with Crippen LogP contribution in [0, 0.1) is 12.8 Å². The van der Waals surface area contributed by atoms with E-state index in [-0.39, 0.29) is 17.7 Å². The fraction of sp³-hybridized carbons (Fsp3) is 0.476. The summed E-state index contributed by atoms with van der Waals surface area (Å²) in [6.45, 7) is 4.03. The normalized spacial score (nSPS) is 17.0. The first kappa shape index (κ1) is 20.1. The van der Waals surface area contributed by atoms with Gasteiger partial charge in [0.15, 0.2) is 0 Å². The number of likely N-dealkylation sites (tertiary alicyclic amines) is 1. The molecule has 0 N–H and O–H groups in total. The van der Waals surface area contributed by atoms with Crippen LogP contribution in [0.1, 0.15) is 24.0 Å². The predicted molar refractivity (Wildman–Crippen MR) is 106 cm³/mol. The molecule has 0 aliphatic carbocycles. The summed E-state index contributed by atoms with van der Waals surface area (Å²) in [6.07, 6.45) is 4.78. The van der Waals surface area contributed by atoms with Crippen molar-refractivity contribution in [2.45, 2.75) is 26.3 Å². The Morgan fingerprint density at radius 2 is 2.14 bits per heavy atom. The molecule has 1 saturated heterocycles. The van der Waals surface area contributed by atoms with Crippen LogP contribution in [-0.4, -0.2) is 65.2 Å². The molecule has 0 unspecified atom stereocenters. The van der Waals surface area contributed by atoms with Gasteiger partial charge >= 0.3 is 0 Å². The highest BCUT2D eigenvalue weighted by Crippen LogP contribution is 2.21. The van der Waals surface area contributed by atoms with Gasteiger partial charge in [0.05, 0.1) is 24.4 Å². The highest BCUT2D eigenvalue weighted by atomic mass is 16.5. The van der Waals surface area contributed by atoms with Crippen molar-refractivity contribution in [3.05, 3.63) is 47.8 Å². The van der Waals surface area contributed by atoms with Gasteiger partial charge in [-0.05, 0) is 25.0 Å². The Hall–Kier alpha value is -2.67. The number of hydrogen-bond acceptors (Lipinski definition) is 4. The van der Waals surface area contributed by atoms with Gasteiger partial charge in [-0.15, -0.1) is 0 Å². The molecule has 0 bridgehead atoms. The highest BCUT2D eigenvalue weighted by molar-refractivity contribution is 5.83. The van der Waals surface area contributed by atoms with Gasteiger partial charge in [-0.1, -0.05) is 18.2 Å². The van der Waals surface area contributed by atoms with E-state index in [1.165, 1.54) is 0 Å². The molecule has 150 valence electrons. The maximum absolute atomic E-state index is 12.9. The number of nitrogens with zero attached hydrogens (tertiary/aromatic N) is 4. The standard InChI is InChI=1S/C21H28N4O3/c1-16-6-4-5-7-19(16)25-14-17(12-22-25)13-23(2)21(27)18-8-9-20(26)24(15-18)10-11-28-3/h4-7,12,14,18H,8-11,13,15H2,1-3H3/t18-/m0/s1. The van der Waals surface area contributed by atoms with Gasteiger partial charge < -0.3 is 14.5 Å². The van der Waals surface area contributed by atoms with Gasteiger partial charge in [0.1, 0.15) is 0 Å². The summed E-state index contributed by atoms with van der Waals surface area (Å²) in [4.78, 5) is 28.4. The molecule has 1 atom stereocenters. The van der Waals surface area contributed by atoms with Crippen molar-refractivity contribution in [1.82, 2.24) is 19.6 Å². The molecule has 2 amide bonds. The topological polar surface area (TPSA) is 67.7 Å². The van der Waals surface area contributed by atoms with Crippen molar-refractivity contribution >= 4 is 11.8 Å². The molecule has 7 nitrogen and oxygen atoms in total. The number of hydrogen-bond donors (Lipinski definition) is 0. The lowest BCUT2D eigenvalue weighted by atomic mass is 9.96. The Morgan fingerprint density at radius 3 is 2.89 bits per heavy atom. The van der Waals surface area contributed by atoms with E-state index < -0.39 is 0 Å². The van der Waals surface area contributed by atoms with Crippen molar-refractivity contribution in [3.8, 4) is 5.69 Å². The molecule has 28 heavy (non-hydrogen) atoms. The average Bonchev–Trinajstić information content (AvgIpc) is 3.15. The largest absolute Gasteiger partial charge is 0.383 e. The Balaban J connectivity index is 1.61. The summed E-state index contributed by atoms with van der Waals surface area (Å²) in [6, 6.07) is 8.06. The maximum atomic E-state index is 12.9. The van der Waals surface area contributed by atoms with Crippen molar-refractivity contribution < 1.29 is 14.3 Å². The number of benzene rings is 1. The van der Waals surface area contributed by atoms with Crippen molar-refractivity contribution in [2.24, 2.45) is 5.92 Å². The fourth-order valence-corrected chi connectivity index (χ4v) is 3.59. The van der Waals surface area contributed by atoms with Crippen molar-refractivity contribution in [1.29, 1.82) is 0 Å². The van der Waals surface area contributed by atoms with Gasteiger partial charge in [-0.3, -0.25) is 9.59 Å². The second-order valence-corrected chi connectivity index (χ2v) is 7.34. The van der Waals surface area contributed by atoms with E-state index in [4.69, 9.17) is 4.74 Å². The van der Waals surface area contributed by atoms with E-state index in [9.17, 15) is 9.59 Å². The summed E-state index contributed by atoms with van der Waals surface area (Å²) in [5, 5.41) is 4.44. The number of amides is 2. The first-order valence-corrected chi connectivity index (χ1v) is 9.61. The average molecular weight is 384 g/mol. The molecule has 1 aliphatic heterocycles. The molecule has 7 heteroatoms. The lowest BCUT2D eigenvalue weighted by Crippen LogP contribution is -2.47. The van der Waals surface area contributed by atoms with Crippen LogP contribution in [0.3, 0.4) is 0 Å². The van der Waals surface area contributed by atoms with Gasteiger partial charge in [0.2, 0.25) is 11.8 Å². The molecule has 1 aliphatic rings. The van der Waals surface area contributed by atoms with Gasteiger partial charge in [0, 0.05) is 52.0 Å². The number of para-hydroxylation sites is 1. The molecule has 3 rings (SSSR count). The molecule has 1 aromatic carbocycles. The van der Waals surface area contributed by atoms with Crippen LogP contribution in [0.15, 0.2) is 36.7 Å². The molecular formula is C21H28N4O3.